The molecular formula is C26H24FN. The first kappa shape index (κ1) is 17.2. The summed E-state index contributed by atoms with van der Waals surface area (Å²) in [5.41, 5.74) is 5.58. The summed E-state index contributed by atoms with van der Waals surface area (Å²) in [6.45, 7) is 5.20. The molecule has 0 N–H and O–H groups in total. The number of anilines is 1. The van der Waals surface area contributed by atoms with Crippen LogP contribution in [0.15, 0.2) is 78.9 Å². The maximum absolute atomic E-state index is 14.6. The zero-order valence-electron chi connectivity index (χ0n) is 16.3. The Morgan fingerprint density at radius 2 is 1.61 bits per heavy atom. The molecule has 5 rings (SSSR count). The molecule has 0 aromatic heterocycles. The molecule has 140 valence electrons. The van der Waals surface area contributed by atoms with Crippen molar-refractivity contribution in [3.05, 3.63) is 107 Å². The van der Waals surface area contributed by atoms with Crippen LogP contribution in [0.4, 0.5) is 10.1 Å². The summed E-state index contributed by atoms with van der Waals surface area (Å²) in [6, 6.07) is 24.3. The van der Waals surface area contributed by atoms with E-state index >= 15 is 0 Å². The van der Waals surface area contributed by atoms with E-state index < -0.39 is 0 Å². The quantitative estimate of drug-likeness (QED) is 0.525. The number of nitrogens with zero attached hydrogens (tertiary/aromatic N) is 1. The van der Waals surface area contributed by atoms with Crippen molar-refractivity contribution < 1.29 is 4.39 Å². The van der Waals surface area contributed by atoms with Gasteiger partial charge in [0.2, 0.25) is 0 Å². The van der Waals surface area contributed by atoms with Gasteiger partial charge in [0.25, 0.3) is 0 Å². The van der Waals surface area contributed by atoms with Crippen LogP contribution in [0.2, 0.25) is 0 Å². The van der Waals surface area contributed by atoms with Crippen LogP contribution in [-0.4, -0.2) is 5.54 Å². The molecular weight excluding hydrogens is 345 g/mol. The zero-order valence-corrected chi connectivity index (χ0v) is 16.3. The van der Waals surface area contributed by atoms with Crippen molar-refractivity contribution in [3.63, 3.8) is 0 Å². The van der Waals surface area contributed by atoms with Gasteiger partial charge < -0.3 is 4.90 Å². The molecule has 1 atom stereocenters. The summed E-state index contributed by atoms with van der Waals surface area (Å²) in [6.07, 6.45) is 5.52. The van der Waals surface area contributed by atoms with Crippen molar-refractivity contribution in [1.29, 1.82) is 0 Å². The van der Waals surface area contributed by atoms with Gasteiger partial charge in [-0.1, -0.05) is 86.7 Å². The molecule has 1 spiro atoms. The van der Waals surface area contributed by atoms with E-state index in [0.717, 1.165) is 12.0 Å². The van der Waals surface area contributed by atoms with Gasteiger partial charge in [-0.15, -0.1) is 0 Å². The molecule has 1 aliphatic carbocycles. The number of para-hydroxylation sites is 1. The van der Waals surface area contributed by atoms with Crippen LogP contribution in [0, 0.1) is 5.82 Å². The van der Waals surface area contributed by atoms with Crippen LogP contribution in [0.3, 0.4) is 0 Å². The number of benzene rings is 3. The summed E-state index contributed by atoms with van der Waals surface area (Å²) in [5, 5.41) is 0. The molecule has 0 saturated carbocycles. The Bertz CT molecular complexity index is 1080. The number of halogens is 1. The second-order valence-electron chi connectivity index (χ2n) is 8.45. The Morgan fingerprint density at radius 3 is 2.46 bits per heavy atom. The predicted octanol–water partition coefficient (Wildman–Crippen LogP) is 6.13. The Balaban J connectivity index is 1.69. The van der Waals surface area contributed by atoms with E-state index in [1.165, 1.54) is 22.4 Å². The molecule has 1 heterocycles. The fourth-order valence-electron chi connectivity index (χ4n) is 5.10. The van der Waals surface area contributed by atoms with Gasteiger partial charge in [0, 0.05) is 29.6 Å². The summed E-state index contributed by atoms with van der Waals surface area (Å²) in [5.74, 6) is -0.139. The number of hydrogen-bond acceptors (Lipinski definition) is 1. The lowest BCUT2D eigenvalue weighted by Crippen LogP contribution is -2.56. The third-order valence-electron chi connectivity index (χ3n) is 6.77. The monoisotopic (exact) mass is 369 g/mol. The van der Waals surface area contributed by atoms with Gasteiger partial charge in [-0.05, 0) is 28.8 Å². The molecule has 0 bridgehead atoms. The van der Waals surface area contributed by atoms with Gasteiger partial charge in [0.1, 0.15) is 5.82 Å². The summed E-state index contributed by atoms with van der Waals surface area (Å²) in [4.78, 5) is 2.42. The molecule has 0 saturated heterocycles. The third kappa shape index (κ3) is 2.30. The minimum atomic E-state index is -0.229. The first-order chi connectivity index (χ1) is 13.5. The third-order valence-corrected chi connectivity index (χ3v) is 6.77. The molecule has 28 heavy (non-hydrogen) atoms. The molecule has 0 radical (unpaired) electrons. The minimum Gasteiger partial charge on any atom is -0.356 e. The van der Waals surface area contributed by atoms with Crippen molar-refractivity contribution in [1.82, 2.24) is 0 Å². The highest BCUT2D eigenvalue weighted by Crippen LogP contribution is 2.55. The normalized spacial score (nSPS) is 21.6. The van der Waals surface area contributed by atoms with E-state index in [2.05, 4.69) is 79.4 Å². The van der Waals surface area contributed by atoms with Crippen LogP contribution in [-0.2, 0) is 18.4 Å². The van der Waals surface area contributed by atoms with Gasteiger partial charge in [0.15, 0.2) is 0 Å². The van der Waals surface area contributed by atoms with Crippen molar-refractivity contribution in [3.8, 4) is 0 Å². The average molecular weight is 369 g/mol. The van der Waals surface area contributed by atoms with Gasteiger partial charge >= 0.3 is 0 Å². The number of hydrogen-bond donors (Lipinski definition) is 0. The Kier molecular flexibility index (Phi) is 3.74. The molecule has 1 aliphatic heterocycles. The Morgan fingerprint density at radius 1 is 0.893 bits per heavy atom. The van der Waals surface area contributed by atoms with E-state index in [0.29, 0.717) is 6.54 Å². The molecule has 2 heteroatoms. The van der Waals surface area contributed by atoms with Gasteiger partial charge in [-0.3, -0.25) is 0 Å². The Hall–Kier alpha value is -2.87. The maximum atomic E-state index is 14.6. The number of rotatable bonds is 2. The lowest BCUT2D eigenvalue weighted by Gasteiger charge is -2.48. The highest BCUT2D eigenvalue weighted by Gasteiger charge is 2.55. The lowest BCUT2D eigenvalue weighted by molar-refractivity contribution is 0.316. The second kappa shape index (κ2) is 6.07. The molecule has 2 aliphatic rings. The predicted molar refractivity (Wildman–Crippen MR) is 114 cm³/mol. The molecule has 3 aromatic rings. The van der Waals surface area contributed by atoms with Crippen LogP contribution in [0.5, 0.6) is 0 Å². The first-order valence-electron chi connectivity index (χ1n) is 9.91. The lowest BCUT2D eigenvalue weighted by atomic mass is 9.65. The van der Waals surface area contributed by atoms with Crippen molar-refractivity contribution in [2.75, 3.05) is 4.90 Å². The largest absolute Gasteiger partial charge is 0.356 e. The second-order valence-corrected chi connectivity index (χ2v) is 8.45. The summed E-state index contributed by atoms with van der Waals surface area (Å²) < 4.78 is 14.6. The van der Waals surface area contributed by atoms with E-state index in [-0.39, 0.29) is 16.8 Å². The SMILES string of the molecule is CC1(C)c2ccccc2N(Cc2ccccc2F)C12C=Cc1ccccc1C2. The van der Waals surface area contributed by atoms with Gasteiger partial charge in [-0.25, -0.2) is 4.39 Å². The van der Waals surface area contributed by atoms with Crippen LogP contribution < -0.4 is 4.90 Å². The maximum Gasteiger partial charge on any atom is 0.128 e. The fourth-order valence-corrected chi connectivity index (χ4v) is 5.10. The highest BCUT2D eigenvalue weighted by atomic mass is 19.1. The zero-order chi connectivity index (χ0) is 19.4. The first-order valence-corrected chi connectivity index (χ1v) is 9.91. The highest BCUT2D eigenvalue weighted by molar-refractivity contribution is 5.73. The van der Waals surface area contributed by atoms with Crippen LogP contribution in [0.1, 0.15) is 36.1 Å². The average Bonchev–Trinajstić information content (AvgIpc) is 2.88. The van der Waals surface area contributed by atoms with Gasteiger partial charge in [0.05, 0.1) is 5.54 Å². The van der Waals surface area contributed by atoms with Crippen LogP contribution in [0.25, 0.3) is 6.08 Å². The smallest absolute Gasteiger partial charge is 0.128 e. The molecule has 0 amide bonds. The Labute approximate surface area is 166 Å². The van der Waals surface area contributed by atoms with Crippen molar-refractivity contribution in [2.45, 2.75) is 37.8 Å². The van der Waals surface area contributed by atoms with E-state index in [1.54, 1.807) is 12.1 Å². The minimum absolute atomic E-state index is 0.0983. The standard InChI is InChI=1S/C26H24FN/c1-25(2)22-12-6-8-14-24(22)28(18-21-11-5-7-13-23(21)27)26(25)16-15-19-9-3-4-10-20(19)17-26/h3-16H,17-18H2,1-2H3. The summed E-state index contributed by atoms with van der Waals surface area (Å²) >= 11 is 0. The topological polar surface area (TPSA) is 3.24 Å². The molecule has 3 aromatic carbocycles. The molecule has 1 unspecified atom stereocenters. The van der Waals surface area contributed by atoms with Crippen molar-refractivity contribution >= 4 is 11.8 Å². The molecule has 0 fully saturated rings. The van der Waals surface area contributed by atoms with Crippen molar-refractivity contribution in [2.24, 2.45) is 0 Å². The van der Waals surface area contributed by atoms with Gasteiger partial charge in [-0.2, -0.15) is 0 Å². The summed E-state index contributed by atoms with van der Waals surface area (Å²) in [7, 11) is 0. The van der Waals surface area contributed by atoms with E-state index in [4.69, 9.17) is 0 Å². The van der Waals surface area contributed by atoms with E-state index in [1.807, 2.05) is 12.1 Å². The molecule has 1 nitrogen and oxygen atoms in total. The van der Waals surface area contributed by atoms with Crippen LogP contribution >= 0.6 is 0 Å². The van der Waals surface area contributed by atoms with E-state index in [9.17, 15) is 4.39 Å². The fraction of sp³-hybridized carbons (Fsp3) is 0.231. The number of fused-ring (bicyclic) bond motifs is 2.